The second kappa shape index (κ2) is 6.36. The summed E-state index contributed by atoms with van der Waals surface area (Å²) in [6.45, 7) is 3.03. The monoisotopic (exact) mass is 325 g/mol. The summed E-state index contributed by atoms with van der Waals surface area (Å²) in [5.74, 6) is 0.316. The number of hydrogen-bond acceptors (Lipinski definition) is 3. The van der Waals surface area contributed by atoms with Crippen LogP contribution in [0.2, 0.25) is 0 Å². The Morgan fingerprint density at radius 3 is 2.50 bits per heavy atom. The number of nitrogens with one attached hydrogen (secondary N) is 1. The number of hydrogen-bond donors (Lipinski definition) is 2. The van der Waals surface area contributed by atoms with Crippen LogP contribution >= 0.6 is 27.3 Å². The van der Waals surface area contributed by atoms with Crippen LogP contribution in [0.15, 0.2) is 40.2 Å². The largest absolute Gasteiger partial charge is 0.508 e. The molecule has 0 aliphatic heterocycles. The second-order valence-electron chi connectivity index (χ2n) is 4.14. The van der Waals surface area contributed by atoms with Crippen molar-refractivity contribution in [3.05, 3.63) is 50.6 Å². The van der Waals surface area contributed by atoms with Crippen LogP contribution in [0.3, 0.4) is 0 Å². The van der Waals surface area contributed by atoms with E-state index in [2.05, 4.69) is 40.3 Å². The van der Waals surface area contributed by atoms with Crippen molar-refractivity contribution in [3.8, 4) is 5.75 Å². The topological polar surface area (TPSA) is 32.3 Å². The molecule has 1 heterocycles. The van der Waals surface area contributed by atoms with Crippen LogP contribution in [0.5, 0.6) is 5.75 Å². The maximum atomic E-state index is 9.30. The molecule has 2 nitrogen and oxygen atoms in total. The fraction of sp³-hybridized carbons (Fsp3) is 0.286. The number of phenolic OH excluding ortho intramolecular Hbond substituents is 1. The van der Waals surface area contributed by atoms with Gasteiger partial charge in [0, 0.05) is 17.5 Å². The lowest BCUT2D eigenvalue weighted by atomic mass is 10.0. The molecule has 2 rings (SSSR count). The van der Waals surface area contributed by atoms with Gasteiger partial charge in [0.1, 0.15) is 5.75 Å². The smallest absolute Gasteiger partial charge is 0.115 e. The lowest BCUT2D eigenvalue weighted by Gasteiger charge is -2.17. The Kier molecular flexibility index (Phi) is 4.80. The zero-order valence-electron chi connectivity index (χ0n) is 10.2. The first-order valence-electron chi connectivity index (χ1n) is 5.95. The summed E-state index contributed by atoms with van der Waals surface area (Å²) in [5, 5.41) is 12.8. The molecule has 96 valence electrons. The molecule has 2 aromatic rings. The first-order valence-corrected chi connectivity index (χ1v) is 7.56. The highest BCUT2D eigenvalue weighted by molar-refractivity contribution is 9.11. The van der Waals surface area contributed by atoms with E-state index in [0.717, 1.165) is 16.8 Å². The van der Waals surface area contributed by atoms with Crippen LogP contribution in [0, 0.1) is 0 Å². The van der Waals surface area contributed by atoms with Crippen molar-refractivity contribution in [1.29, 1.82) is 0 Å². The average Bonchev–Trinajstić information content (AvgIpc) is 2.78. The SMILES string of the molecule is CCC(NCc1ccc(Br)s1)c1ccc(O)cc1. The third-order valence-electron chi connectivity index (χ3n) is 2.86. The number of halogens is 1. The molecule has 0 aliphatic carbocycles. The maximum absolute atomic E-state index is 9.30. The third-order valence-corrected chi connectivity index (χ3v) is 4.48. The van der Waals surface area contributed by atoms with E-state index < -0.39 is 0 Å². The maximum Gasteiger partial charge on any atom is 0.115 e. The van der Waals surface area contributed by atoms with Crippen molar-refractivity contribution in [2.24, 2.45) is 0 Å². The lowest BCUT2D eigenvalue weighted by molar-refractivity contribution is 0.473. The van der Waals surface area contributed by atoms with E-state index in [9.17, 15) is 5.11 Å². The van der Waals surface area contributed by atoms with E-state index in [-0.39, 0.29) is 0 Å². The van der Waals surface area contributed by atoms with Gasteiger partial charge in [-0.1, -0.05) is 19.1 Å². The van der Waals surface area contributed by atoms with E-state index in [1.54, 1.807) is 23.5 Å². The second-order valence-corrected chi connectivity index (χ2v) is 6.69. The summed E-state index contributed by atoms with van der Waals surface area (Å²) in [5.41, 5.74) is 1.21. The number of phenols is 1. The Morgan fingerprint density at radius 2 is 1.94 bits per heavy atom. The van der Waals surface area contributed by atoms with Gasteiger partial charge in [-0.15, -0.1) is 11.3 Å². The molecule has 18 heavy (non-hydrogen) atoms. The number of benzene rings is 1. The predicted octanol–water partition coefficient (Wildman–Crippen LogP) is 4.46. The van der Waals surface area contributed by atoms with Gasteiger partial charge in [0.2, 0.25) is 0 Å². The highest BCUT2D eigenvalue weighted by Gasteiger charge is 2.09. The van der Waals surface area contributed by atoms with Gasteiger partial charge in [-0.2, -0.15) is 0 Å². The molecule has 0 aliphatic rings. The first kappa shape index (κ1) is 13.6. The van der Waals surface area contributed by atoms with Crippen LogP contribution in [0.25, 0.3) is 0 Å². The van der Waals surface area contributed by atoms with Gasteiger partial charge in [0.15, 0.2) is 0 Å². The lowest BCUT2D eigenvalue weighted by Crippen LogP contribution is -2.19. The first-order chi connectivity index (χ1) is 8.69. The Labute approximate surface area is 120 Å². The van der Waals surface area contributed by atoms with Crippen LogP contribution in [0.1, 0.15) is 29.8 Å². The molecule has 0 fully saturated rings. The summed E-state index contributed by atoms with van der Waals surface area (Å²) < 4.78 is 1.16. The summed E-state index contributed by atoms with van der Waals surface area (Å²) in [6, 6.07) is 11.9. The molecule has 0 radical (unpaired) electrons. The highest BCUT2D eigenvalue weighted by atomic mass is 79.9. The average molecular weight is 326 g/mol. The van der Waals surface area contributed by atoms with Gasteiger partial charge < -0.3 is 10.4 Å². The summed E-state index contributed by atoms with van der Waals surface area (Å²) >= 11 is 5.22. The minimum absolute atomic E-state index is 0.316. The summed E-state index contributed by atoms with van der Waals surface area (Å²) in [7, 11) is 0. The molecular formula is C14H16BrNOS. The van der Waals surface area contributed by atoms with Gasteiger partial charge in [-0.25, -0.2) is 0 Å². The van der Waals surface area contributed by atoms with Crippen LogP contribution in [-0.2, 0) is 6.54 Å². The minimum atomic E-state index is 0.316. The van der Waals surface area contributed by atoms with E-state index in [1.165, 1.54) is 10.4 Å². The molecule has 4 heteroatoms. The highest BCUT2D eigenvalue weighted by Crippen LogP contribution is 2.24. The molecule has 1 aromatic heterocycles. The van der Waals surface area contributed by atoms with E-state index >= 15 is 0 Å². The molecule has 0 saturated heterocycles. The Hall–Kier alpha value is -0.840. The quantitative estimate of drug-likeness (QED) is 0.850. The van der Waals surface area contributed by atoms with Crippen molar-refractivity contribution in [3.63, 3.8) is 0 Å². The van der Waals surface area contributed by atoms with Gasteiger partial charge >= 0.3 is 0 Å². The molecule has 2 N–H and O–H groups in total. The molecule has 1 aromatic carbocycles. The Morgan fingerprint density at radius 1 is 1.22 bits per heavy atom. The molecular weight excluding hydrogens is 310 g/mol. The molecule has 0 spiro atoms. The molecule has 0 amide bonds. The number of aromatic hydroxyl groups is 1. The van der Waals surface area contributed by atoms with Gasteiger partial charge in [0.05, 0.1) is 3.79 Å². The fourth-order valence-corrected chi connectivity index (χ4v) is 3.31. The predicted molar refractivity (Wildman–Crippen MR) is 80.0 cm³/mol. The van der Waals surface area contributed by atoms with Crippen LogP contribution < -0.4 is 5.32 Å². The molecule has 1 unspecified atom stereocenters. The van der Waals surface area contributed by atoms with Gasteiger partial charge in [-0.05, 0) is 52.2 Å². The Balaban J connectivity index is 1.99. The van der Waals surface area contributed by atoms with Crippen molar-refractivity contribution in [1.82, 2.24) is 5.32 Å². The van der Waals surface area contributed by atoms with Crippen molar-refractivity contribution in [2.75, 3.05) is 0 Å². The van der Waals surface area contributed by atoms with Crippen molar-refractivity contribution >= 4 is 27.3 Å². The van der Waals surface area contributed by atoms with Gasteiger partial charge in [-0.3, -0.25) is 0 Å². The van der Waals surface area contributed by atoms with E-state index in [1.807, 2.05) is 12.1 Å². The van der Waals surface area contributed by atoms with Crippen molar-refractivity contribution in [2.45, 2.75) is 25.9 Å². The zero-order chi connectivity index (χ0) is 13.0. The summed E-state index contributed by atoms with van der Waals surface area (Å²) in [6.07, 6.45) is 1.03. The number of thiophene rings is 1. The number of rotatable bonds is 5. The normalized spacial score (nSPS) is 12.6. The molecule has 0 bridgehead atoms. The fourth-order valence-electron chi connectivity index (χ4n) is 1.88. The molecule has 1 atom stereocenters. The van der Waals surface area contributed by atoms with E-state index in [4.69, 9.17) is 0 Å². The standard InChI is InChI=1S/C14H16BrNOS/c1-2-13(10-3-5-11(17)6-4-10)16-9-12-7-8-14(15)18-12/h3-8,13,16-17H,2,9H2,1H3. The van der Waals surface area contributed by atoms with Gasteiger partial charge in [0.25, 0.3) is 0 Å². The van der Waals surface area contributed by atoms with Crippen molar-refractivity contribution < 1.29 is 5.11 Å². The van der Waals surface area contributed by atoms with Crippen LogP contribution in [0.4, 0.5) is 0 Å². The van der Waals surface area contributed by atoms with E-state index in [0.29, 0.717) is 11.8 Å². The summed E-state index contributed by atoms with van der Waals surface area (Å²) in [4.78, 5) is 1.32. The Bertz CT molecular complexity index is 495. The third kappa shape index (κ3) is 3.57. The zero-order valence-corrected chi connectivity index (χ0v) is 12.6. The molecule has 0 saturated carbocycles. The van der Waals surface area contributed by atoms with Crippen LogP contribution in [-0.4, -0.2) is 5.11 Å². The minimum Gasteiger partial charge on any atom is -0.508 e.